The lowest BCUT2D eigenvalue weighted by atomic mass is 9.67. The number of hydrogen-bond acceptors (Lipinski definition) is 2. The van der Waals surface area contributed by atoms with Crippen molar-refractivity contribution in [3.8, 4) is 0 Å². The average Bonchev–Trinajstić information content (AvgIpc) is 2.47. The van der Waals surface area contributed by atoms with E-state index < -0.39 is 0 Å². The molecule has 2 rings (SSSR count). The van der Waals surface area contributed by atoms with E-state index in [2.05, 4.69) is 21.2 Å². The van der Waals surface area contributed by atoms with Crippen LogP contribution in [0.1, 0.15) is 51.4 Å². The number of carbonyl (C=O) groups is 1. The first-order valence-electron chi connectivity index (χ1n) is 8.11. The molecular weight excluding hydrogens is 318 g/mol. The molecule has 4 unspecified atom stereocenters. The van der Waals surface area contributed by atoms with Gasteiger partial charge in [-0.1, -0.05) is 41.6 Å². The summed E-state index contributed by atoms with van der Waals surface area (Å²) < 4.78 is 5.08. The third kappa shape index (κ3) is 4.73. The van der Waals surface area contributed by atoms with Gasteiger partial charge in [-0.25, -0.2) is 0 Å². The summed E-state index contributed by atoms with van der Waals surface area (Å²) in [5.74, 6) is 2.30. The lowest BCUT2D eigenvalue weighted by Gasteiger charge is -2.38. The van der Waals surface area contributed by atoms with Crippen LogP contribution in [0.2, 0.25) is 0 Å². The molecule has 3 nitrogen and oxygen atoms in total. The Balaban J connectivity index is 1.68. The minimum Gasteiger partial charge on any atom is -0.384 e. The van der Waals surface area contributed by atoms with Crippen molar-refractivity contribution in [1.29, 1.82) is 0 Å². The van der Waals surface area contributed by atoms with Crippen molar-refractivity contribution < 1.29 is 9.53 Å². The number of nitrogens with one attached hydrogen (secondary N) is 1. The number of fused-ring (bicyclic) bond motifs is 1. The predicted octanol–water partition coefficient (Wildman–Crippen LogP) is 3.51. The van der Waals surface area contributed by atoms with Crippen molar-refractivity contribution in [3.63, 3.8) is 0 Å². The Morgan fingerprint density at radius 1 is 1.25 bits per heavy atom. The third-order valence-electron chi connectivity index (χ3n) is 5.01. The predicted molar refractivity (Wildman–Crippen MR) is 85.0 cm³/mol. The summed E-state index contributed by atoms with van der Waals surface area (Å²) in [6.07, 6.45) is 9.97. The summed E-state index contributed by atoms with van der Waals surface area (Å²) in [6, 6.07) is 0. The summed E-state index contributed by atoms with van der Waals surface area (Å²) >= 11 is 3.55. The minimum absolute atomic E-state index is 0.269. The van der Waals surface area contributed by atoms with Gasteiger partial charge < -0.3 is 10.1 Å². The molecule has 2 fully saturated rings. The van der Waals surface area contributed by atoms with Crippen LogP contribution in [-0.4, -0.2) is 31.0 Å². The number of alkyl halides is 1. The van der Waals surface area contributed by atoms with Gasteiger partial charge in [0.25, 0.3) is 0 Å². The van der Waals surface area contributed by atoms with Gasteiger partial charge in [0.05, 0.1) is 6.61 Å². The van der Waals surface area contributed by atoms with Crippen molar-refractivity contribution >= 4 is 21.8 Å². The zero-order valence-corrected chi connectivity index (χ0v) is 14.2. The number of halogens is 1. The maximum Gasteiger partial charge on any atom is 0.223 e. The van der Waals surface area contributed by atoms with E-state index in [0.717, 1.165) is 37.6 Å². The van der Waals surface area contributed by atoms with E-state index in [1.54, 1.807) is 7.11 Å². The number of amides is 1. The van der Waals surface area contributed by atoms with E-state index in [-0.39, 0.29) is 11.8 Å². The minimum atomic E-state index is 0.269. The summed E-state index contributed by atoms with van der Waals surface area (Å²) in [4.78, 5) is 12.6. The SMILES string of the molecule is COCC(Br)CCNC(=O)C1CCC2CCCCC2C1. The zero-order valence-electron chi connectivity index (χ0n) is 12.6. The lowest BCUT2D eigenvalue weighted by Crippen LogP contribution is -2.38. The molecule has 2 aliphatic rings. The van der Waals surface area contributed by atoms with Crippen molar-refractivity contribution in [2.24, 2.45) is 17.8 Å². The first-order chi connectivity index (χ1) is 9.70. The van der Waals surface area contributed by atoms with Crippen molar-refractivity contribution in [3.05, 3.63) is 0 Å². The molecule has 2 aliphatic carbocycles. The smallest absolute Gasteiger partial charge is 0.223 e. The molecule has 1 amide bonds. The van der Waals surface area contributed by atoms with Gasteiger partial charge >= 0.3 is 0 Å². The number of methoxy groups -OCH3 is 1. The van der Waals surface area contributed by atoms with E-state index in [4.69, 9.17) is 4.74 Å². The second-order valence-corrected chi connectivity index (χ2v) is 7.74. The molecule has 0 aromatic rings. The Kier molecular flexibility index (Phi) is 6.82. The number of carbonyl (C=O) groups excluding carboxylic acids is 1. The first kappa shape index (κ1) is 16.3. The van der Waals surface area contributed by atoms with Gasteiger partial charge in [0, 0.05) is 24.4 Å². The largest absolute Gasteiger partial charge is 0.384 e. The highest BCUT2D eigenvalue weighted by Gasteiger charge is 2.34. The van der Waals surface area contributed by atoms with Crippen LogP contribution in [0.3, 0.4) is 0 Å². The van der Waals surface area contributed by atoms with Gasteiger partial charge in [0.1, 0.15) is 0 Å². The quantitative estimate of drug-likeness (QED) is 0.748. The summed E-state index contributed by atoms with van der Waals surface area (Å²) in [7, 11) is 1.70. The van der Waals surface area contributed by atoms with Gasteiger partial charge in [-0.15, -0.1) is 0 Å². The lowest BCUT2D eigenvalue weighted by molar-refractivity contribution is -0.127. The normalized spacial score (nSPS) is 31.4. The molecule has 1 N–H and O–H groups in total. The fourth-order valence-corrected chi connectivity index (χ4v) is 4.37. The van der Waals surface area contributed by atoms with E-state index in [1.165, 1.54) is 32.1 Å². The van der Waals surface area contributed by atoms with Crippen LogP contribution in [0, 0.1) is 17.8 Å². The monoisotopic (exact) mass is 345 g/mol. The molecule has 0 bridgehead atoms. The Morgan fingerprint density at radius 3 is 2.75 bits per heavy atom. The van der Waals surface area contributed by atoms with Gasteiger partial charge in [-0.2, -0.15) is 0 Å². The van der Waals surface area contributed by atoms with E-state index in [1.807, 2.05) is 0 Å². The van der Waals surface area contributed by atoms with E-state index in [9.17, 15) is 4.79 Å². The second kappa shape index (κ2) is 8.38. The maximum absolute atomic E-state index is 12.3. The fraction of sp³-hybridized carbons (Fsp3) is 0.938. The van der Waals surface area contributed by atoms with Crippen LogP contribution in [0.15, 0.2) is 0 Å². The molecule has 0 radical (unpaired) electrons. The molecule has 4 atom stereocenters. The highest BCUT2D eigenvalue weighted by molar-refractivity contribution is 9.09. The first-order valence-corrected chi connectivity index (χ1v) is 9.03. The Hall–Kier alpha value is -0.0900. The molecule has 0 saturated heterocycles. The van der Waals surface area contributed by atoms with Crippen LogP contribution in [0.25, 0.3) is 0 Å². The molecule has 0 aromatic heterocycles. The summed E-state index contributed by atoms with van der Waals surface area (Å²) in [5.41, 5.74) is 0. The molecule has 0 aromatic carbocycles. The highest BCUT2D eigenvalue weighted by atomic mass is 79.9. The molecular formula is C16H28BrNO2. The van der Waals surface area contributed by atoms with Gasteiger partial charge in [0.15, 0.2) is 0 Å². The Bertz CT molecular complexity index is 311. The van der Waals surface area contributed by atoms with Crippen molar-refractivity contribution in [1.82, 2.24) is 5.32 Å². The van der Waals surface area contributed by atoms with Crippen LogP contribution < -0.4 is 5.32 Å². The maximum atomic E-state index is 12.3. The molecule has 4 heteroatoms. The third-order valence-corrected chi connectivity index (χ3v) is 5.74. The summed E-state index contributed by atoms with van der Waals surface area (Å²) in [5, 5.41) is 3.11. The van der Waals surface area contributed by atoms with Gasteiger partial charge in [-0.3, -0.25) is 4.79 Å². The molecule has 0 heterocycles. The molecule has 0 spiro atoms. The van der Waals surface area contributed by atoms with Crippen LogP contribution in [-0.2, 0) is 9.53 Å². The van der Waals surface area contributed by atoms with E-state index in [0.29, 0.717) is 11.4 Å². The van der Waals surface area contributed by atoms with Crippen molar-refractivity contribution in [2.75, 3.05) is 20.3 Å². The fourth-order valence-electron chi connectivity index (χ4n) is 3.87. The van der Waals surface area contributed by atoms with Gasteiger partial charge in [0.2, 0.25) is 5.91 Å². The number of ether oxygens (including phenoxy) is 1. The van der Waals surface area contributed by atoms with Crippen molar-refractivity contribution in [2.45, 2.75) is 56.2 Å². The standard InChI is InChI=1S/C16H28BrNO2/c1-20-11-15(17)8-9-18-16(19)14-7-6-12-4-2-3-5-13(12)10-14/h12-15H,2-11H2,1H3,(H,18,19). The van der Waals surface area contributed by atoms with Gasteiger partial charge in [-0.05, 0) is 37.5 Å². The van der Waals surface area contributed by atoms with Crippen LogP contribution in [0.4, 0.5) is 0 Å². The molecule has 20 heavy (non-hydrogen) atoms. The molecule has 116 valence electrons. The average molecular weight is 346 g/mol. The Labute approximate surface area is 131 Å². The summed E-state index contributed by atoms with van der Waals surface area (Å²) in [6.45, 7) is 1.45. The van der Waals surface area contributed by atoms with Crippen LogP contribution in [0.5, 0.6) is 0 Å². The number of hydrogen-bond donors (Lipinski definition) is 1. The van der Waals surface area contributed by atoms with E-state index >= 15 is 0 Å². The van der Waals surface area contributed by atoms with Crippen LogP contribution >= 0.6 is 15.9 Å². The Morgan fingerprint density at radius 2 is 2.00 bits per heavy atom. The highest BCUT2D eigenvalue weighted by Crippen LogP contribution is 2.42. The topological polar surface area (TPSA) is 38.3 Å². The molecule has 0 aliphatic heterocycles. The molecule has 2 saturated carbocycles. The second-order valence-electron chi connectivity index (χ2n) is 6.45. The number of rotatable bonds is 6. The zero-order chi connectivity index (χ0) is 14.4.